The molecule has 0 saturated heterocycles. The zero-order valence-electron chi connectivity index (χ0n) is 16.7. The average Bonchev–Trinajstić information content (AvgIpc) is 2.44. The monoisotopic (exact) mass is 351 g/mol. The summed E-state index contributed by atoms with van der Waals surface area (Å²) in [6.45, 7) is 15.1. The fraction of sp³-hybridized carbons (Fsp3) is 0.750. The van der Waals surface area contributed by atoms with E-state index in [1.54, 1.807) is 0 Å². The Kier molecular flexibility index (Phi) is 12.7. The number of rotatable bonds is 13. The van der Waals surface area contributed by atoms with Crippen molar-refractivity contribution in [2.75, 3.05) is 6.54 Å². The molecule has 0 aromatic heterocycles. The number of nitrogens with zero attached hydrogens (tertiary/aromatic N) is 1. The molecule has 0 amide bonds. The fourth-order valence-electron chi connectivity index (χ4n) is 3.00. The zero-order chi connectivity index (χ0) is 17.6. The number of hydrogen-bond donors (Lipinski definition) is 0. The molecule has 0 aromatic carbocycles. The third-order valence-electron chi connectivity index (χ3n) is 4.39. The molecule has 0 N–H and O–H groups in total. The fourth-order valence-corrected chi connectivity index (χ4v) is 7.17. The molecular weight excluding hydrogens is 310 g/mol. The standard InChI is InChI=1S/C20H41NSi2/c1-7-17-22(3,4)19-13-11-9-10-12-15-21-16-14-20-23(5,6)18-8-2/h7-8,16-18H,9-15,19-20H2,1-6H3/b17-7+,18-8+,21-16?. The molecule has 23 heavy (non-hydrogen) atoms. The van der Waals surface area contributed by atoms with Crippen molar-refractivity contribution < 1.29 is 0 Å². The van der Waals surface area contributed by atoms with Crippen molar-refractivity contribution in [3.63, 3.8) is 0 Å². The molecule has 0 aromatic rings. The minimum Gasteiger partial charge on any atom is -0.298 e. The van der Waals surface area contributed by atoms with Crippen LogP contribution in [-0.2, 0) is 0 Å². The third kappa shape index (κ3) is 14.9. The molecule has 3 heteroatoms. The Bertz CT molecular complexity index is 368. The summed E-state index contributed by atoms with van der Waals surface area (Å²) in [5.41, 5.74) is 4.91. The molecule has 0 spiro atoms. The second kappa shape index (κ2) is 12.9. The lowest BCUT2D eigenvalue weighted by Gasteiger charge is -2.17. The summed E-state index contributed by atoms with van der Waals surface area (Å²) < 4.78 is 0. The predicted molar refractivity (Wildman–Crippen MR) is 115 cm³/mol. The van der Waals surface area contributed by atoms with E-state index in [1.165, 1.54) is 44.2 Å². The first-order valence-electron chi connectivity index (χ1n) is 9.59. The van der Waals surface area contributed by atoms with Gasteiger partial charge in [0.2, 0.25) is 0 Å². The average molecular weight is 352 g/mol. The van der Waals surface area contributed by atoms with E-state index in [4.69, 9.17) is 0 Å². The van der Waals surface area contributed by atoms with Crippen molar-refractivity contribution in [3.8, 4) is 0 Å². The maximum absolute atomic E-state index is 4.59. The highest BCUT2D eigenvalue weighted by Gasteiger charge is 2.15. The Morgan fingerprint density at radius 3 is 1.83 bits per heavy atom. The first kappa shape index (κ1) is 22.6. The first-order valence-corrected chi connectivity index (χ1v) is 16.2. The van der Waals surface area contributed by atoms with Crippen molar-refractivity contribution in [2.24, 2.45) is 4.99 Å². The second-order valence-electron chi connectivity index (χ2n) is 8.12. The molecule has 0 radical (unpaired) electrons. The maximum atomic E-state index is 4.59. The number of hydrogen-bond acceptors (Lipinski definition) is 1. The minimum atomic E-state index is -1.09. The van der Waals surface area contributed by atoms with E-state index in [1.807, 2.05) is 0 Å². The topological polar surface area (TPSA) is 12.4 Å². The summed E-state index contributed by atoms with van der Waals surface area (Å²) >= 11 is 0. The number of aliphatic imine (C=N–C) groups is 1. The minimum absolute atomic E-state index is 1.02. The molecule has 134 valence electrons. The molecule has 0 unspecified atom stereocenters. The highest BCUT2D eigenvalue weighted by molar-refractivity contribution is 6.82. The van der Waals surface area contributed by atoms with Crippen LogP contribution in [0, 0.1) is 0 Å². The molecule has 0 fully saturated rings. The van der Waals surface area contributed by atoms with Crippen molar-refractivity contribution in [1.29, 1.82) is 0 Å². The highest BCUT2D eigenvalue weighted by atomic mass is 28.3. The predicted octanol–water partition coefficient (Wildman–Crippen LogP) is 7.05. The number of allylic oxidation sites excluding steroid dienone is 2. The SMILES string of the molecule is C/C=C/[Si](C)(C)CCC=NCCCCCCC[Si](C)(C)/C=C/C. The lowest BCUT2D eigenvalue weighted by Crippen LogP contribution is -2.21. The maximum Gasteiger partial charge on any atom is 0.0716 e. The lowest BCUT2D eigenvalue weighted by atomic mass is 10.1. The van der Waals surface area contributed by atoms with E-state index in [0.717, 1.165) is 13.0 Å². The normalized spacial score (nSPS) is 13.8. The van der Waals surface area contributed by atoms with Gasteiger partial charge in [0, 0.05) is 6.54 Å². The van der Waals surface area contributed by atoms with Gasteiger partial charge in [-0.2, -0.15) is 0 Å². The van der Waals surface area contributed by atoms with Crippen LogP contribution >= 0.6 is 0 Å². The summed E-state index contributed by atoms with van der Waals surface area (Å²) in [6.07, 6.45) is 14.6. The summed E-state index contributed by atoms with van der Waals surface area (Å²) in [5, 5.41) is 0. The molecule has 0 aliphatic rings. The molecule has 1 nitrogen and oxygen atoms in total. The van der Waals surface area contributed by atoms with E-state index in [-0.39, 0.29) is 0 Å². The molecule has 0 rings (SSSR count). The van der Waals surface area contributed by atoms with Gasteiger partial charge in [-0.1, -0.05) is 81.5 Å². The smallest absolute Gasteiger partial charge is 0.0716 e. The summed E-state index contributed by atoms with van der Waals surface area (Å²) in [7, 11) is -2.11. The summed E-state index contributed by atoms with van der Waals surface area (Å²) in [6, 6.07) is 2.77. The molecule has 0 aliphatic carbocycles. The molecule has 0 saturated carbocycles. The van der Waals surface area contributed by atoms with Gasteiger partial charge in [0.25, 0.3) is 0 Å². The van der Waals surface area contributed by atoms with Gasteiger partial charge in [0.05, 0.1) is 16.1 Å². The summed E-state index contributed by atoms with van der Waals surface area (Å²) in [5.74, 6) is 0. The van der Waals surface area contributed by atoms with Crippen LogP contribution in [0.5, 0.6) is 0 Å². The van der Waals surface area contributed by atoms with Crippen LogP contribution in [0.4, 0.5) is 0 Å². The van der Waals surface area contributed by atoms with Gasteiger partial charge in [-0.3, -0.25) is 4.99 Å². The van der Waals surface area contributed by atoms with Crippen molar-refractivity contribution >= 4 is 22.4 Å². The van der Waals surface area contributed by atoms with Gasteiger partial charge < -0.3 is 0 Å². The van der Waals surface area contributed by atoms with Crippen LogP contribution in [0.25, 0.3) is 0 Å². The van der Waals surface area contributed by atoms with Crippen LogP contribution in [-0.4, -0.2) is 28.9 Å². The van der Waals surface area contributed by atoms with Crippen LogP contribution in [0.15, 0.2) is 28.5 Å². The van der Waals surface area contributed by atoms with Crippen molar-refractivity contribution in [3.05, 3.63) is 23.6 Å². The van der Waals surface area contributed by atoms with Gasteiger partial charge in [-0.05, 0) is 38.9 Å². The zero-order valence-corrected chi connectivity index (χ0v) is 18.7. The molecular formula is C20H41NSi2. The second-order valence-corrected chi connectivity index (χ2v) is 17.7. The van der Waals surface area contributed by atoms with Gasteiger partial charge in [0.1, 0.15) is 0 Å². The van der Waals surface area contributed by atoms with Crippen molar-refractivity contribution in [2.45, 2.75) is 90.6 Å². The van der Waals surface area contributed by atoms with E-state index in [9.17, 15) is 0 Å². The number of unbranched alkanes of at least 4 members (excludes halogenated alkanes) is 4. The Morgan fingerprint density at radius 1 is 0.696 bits per heavy atom. The molecule has 0 atom stereocenters. The van der Waals surface area contributed by atoms with Crippen LogP contribution < -0.4 is 0 Å². The van der Waals surface area contributed by atoms with Crippen molar-refractivity contribution in [1.82, 2.24) is 0 Å². The van der Waals surface area contributed by atoms with Crippen LogP contribution in [0.2, 0.25) is 38.3 Å². The largest absolute Gasteiger partial charge is 0.298 e. The van der Waals surface area contributed by atoms with Crippen LogP contribution in [0.1, 0.15) is 52.4 Å². The lowest BCUT2D eigenvalue weighted by molar-refractivity contribution is 0.636. The van der Waals surface area contributed by atoms with E-state index in [0.29, 0.717) is 0 Å². The van der Waals surface area contributed by atoms with E-state index < -0.39 is 16.1 Å². The van der Waals surface area contributed by atoms with E-state index in [2.05, 4.69) is 74.8 Å². The summed E-state index contributed by atoms with van der Waals surface area (Å²) in [4.78, 5) is 4.59. The Morgan fingerprint density at radius 2 is 1.22 bits per heavy atom. The third-order valence-corrected chi connectivity index (χ3v) is 10.1. The Balaban J connectivity index is 3.51. The Hall–Kier alpha value is -0.416. The molecule has 0 bridgehead atoms. The van der Waals surface area contributed by atoms with Gasteiger partial charge in [-0.15, -0.1) is 0 Å². The van der Waals surface area contributed by atoms with Gasteiger partial charge in [0.15, 0.2) is 0 Å². The van der Waals surface area contributed by atoms with Gasteiger partial charge >= 0.3 is 0 Å². The molecule has 0 heterocycles. The first-order chi connectivity index (χ1) is 10.8. The van der Waals surface area contributed by atoms with E-state index >= 15 is 0 Å². The molecule has 0 aliphatic heterocycles. The Labute approximate surface area is 148 Å². The quantitative estimate of drug-likeness (QED) is 0.191. The van der Waals surface area contributed by atoms with Crippen LogP contribution in [0.3, 0.4) is 0 Å². The highest BCUT2D eigenvalue weighted by Crippen LogP contribution is 2.17. The van der Waals surface area contributed by atoms with Gasteiger partial charge in [-0.25, -0.2) is 0 Å².